The Morgan fingerprint density at radius 1 is 1.35 bits per heavy atom. The van der Waals surface area contributed by atoms with E-state index in [0.717, 1.165) is 51.2 Å². The van der Waals surface area contributed by atoms with Gasteiger partial charge in [0.05, 0.1) is 5.41 Å². The Labute approximate surface area is 123 Å². The molecule has 0 atom stereocenters. The molecule has 1 amide bonds. The molecule has 4 nitrogen and oxygen atoms in total. The first-order valence-electron chi connectivity index (χ1n) is 8.18. The molecule has 2 N–H and O–H groups in total. The molecular weight excluding hydrogens is 250 g/mol. The predicted molar refractivity (Wildman–Crippen MR) is 82.4 cm³/mol. The van der Waals surface area contributed by atoms with Gasteiger partial charge in [0.15, 0.2) is 0 Å². The van der Waals surface area contributed by atoms with E-state index >= 15 is 0 Å². The minimum atomic E-state index is -0.193. The molecule has 116 valence electrons. The van der Waals surface area contributed by atoms with Crippen molar-refractivity contribution in [3.05, 3.63) is 0 Å². The zero-order chi connectivity index (χ0) is 14.8. The second-order valence-electron chi connectivity index (χ2n) is 7.11. The lowest BCUT2D eigenvalue weighted by Crippen LogP contribution is -2.54. The topological polar surface area (TPSA) is 49.6 Å². The van der Waals surface area contributed by atoms with Gasteiger partial charge in [-0.15, -0.1) is 0 Å². The van der Waals surface area contributed by atoms with Gasteiger partial charge in [-0.3, -0.25) is 4.79 Å². The van der Waals surface area contributed by atoms with Crippen molar-refractivity contribution >= 4 is 5.91 Å². The van der Waals surface area contributed by atoms with Crippen LogP contribution in [0.25, 0.3) is 0 Å². The summed E-state index contributed by atoms with van der Waals surface area (Å²) in [5, 5.41) is 0. The van der Waals surface area contributed by atoms with Crippen molar-refractivity contribution in [1.29, 1.82) is 0 Å². The first kappa shape index (κ1) is 15.8. The molecule has 1 saturated heterocycles. The van der Waals surface area contributed by atoms with Crippen molar-refractivity contribution in [2.24, 2.45) is 17.1 Å². The molecule has 4 heteroatoms. The van der Waals surface area contributed by atoms with Crippen LogP contribution in [0.15, 0.2) is 0 Å². The molecule has 2 rings (SSSR count). The van der Waals surface area contributed by atoms with Crippen LogP contribution < -0.4 is 5.73 Å². The molecule has 0 unspecified atom stereocenters. The predicted octanol–water partition coefficient (Wildman–Crippen LogP) is 1.69. The van der Waals surface area contributed by atoms with Crippen LogP contribution >= 0.6 is 0 Å². The number of likely N-dealkylation sites (tertiary alicyclic amines) is 1. The number of nitrogens with two attached hydrogens (primary N) is 1. The highest BCUT2D eigenvalue weighted by Crippen LogP contribution is 2.42. The Bertz CT molecular complexity index is 325. The molecule has 2 aliphatic rings. The van der Waals surface area contributed by atoms with Gasteiger partial charge in [-0.05, 0) is 52.5 Å². The molecule has 0 aromatic carbocycles. The number of hydrogen-bond donors (Lipinski definition) is 1. The lowest BCUT2D eigenvalue weighted by Gasteiger charge is -2.45. The van der Waals surface area contributed by atoms with Gasteiger partial charge >= 0.3 is 0 Å². The second-order valence-corrected chi connectivity index (χ2v) is 7.11. The number of rotatable bonds is 5. The minimum absolute atomic E-state index is 0.193. The smallest absolute Gasteiger partial charge is 0.230 e. The molecule has 0 aromatic heterocycles. The van der Waals surface area contributed by atoms with Crippen LogP contribution in [-0.4, -0.2) is 55.0 Å². The van der Waals surface area contributed by atoms with E-state index in [1.54, 1.807) is 0 Å². The van der Waals surface area contributed by atoms with Gasteiger partial charge in [0.2, 0.25) is 5.91 Å². The number of amides is 1. The Balaban J connectivity index is 1.81. The van der Waals surface area contributed by atoms with Gasteiger partial charge in [-0.2, -0.15) is 0 Å². The molecule has 1 heterocycles. The zero-order valence-electron chi connectivity index (χ0n) is 13.4. The maximum absolute atomic E-state index is 12.6. The molecule has 0 bridgehead atoms. The standard InChI is InChI=1S/C16H31N3O/c1-13(2)18(3)11-14-5-9-19(10-6-14)15(20)16(12-17)7-4-8-16/h13-14H,4-12,17H2,1-3H3. The monoisotopic (exact) mass is 281 g/mol. The number of hydrogen-bond acceptors (Lipinski definition) is 3. The Morgan fingerprint density at radius 3 is 2.35 bits per heavy atom. The number of nitrogens with zero attached hydrogens (tertiary/aromatic N) is 2. The van der Waals surface area contributed by atoms with Crippen LogP contribution in [0.3, 0.4) is 0 Å². The van der Waals surface area contributed by atoms with Crippen LogP contribution in [0.1, 0.15) is 46.0 Å². The third-order valence-corrected chi connectivity index (χ3v) is 5.48. The van der Waals surface area contributed by atoms with Crippen molar-refractivity contribution in [3.63, 3.8) is 0 Å². The fourth-order valence-corrected chi connectivity index (χ4v) is 3.38. The third kappa shape index (κ3) is 3.17. The van der Waals surface area contributed by atoms with Crippen molar-refractivity contribution < 1.29 is 4.79 Å². The van der Waals surface area contributed by atoms with Crippen molar-refractivity contribution in [2.75, 3.05) is 33.2 Å². The highest BCUT2D eigenvalue weighted by Gasteiger charge is 2.45. The van der Waals surface area contributed by atoms with Crippen LogP contribution in [-0.2, 0) is 4.79 Å². The van der Waals surface area contributed by atoms with Gasteiger partial charge in [0.25, 0.3) is 0 Å². The molecule has 1 aliphatic carbocycles. The highest BCUT2D eigenvalue weighted by molar-refractivity contribution is 5.84. The molecular formula is C16H31N3O. The summed E-state index contributed by atoms with van der Waals surface area (Å²) in [5.74, 6) is 1.07. The Hall–Kier alpha value is -0.610. The molecule has 1 aliphatic heterocycles. The summed E-state index contributed by atoms with van der Waals surface area (Å²) in [6.07, 6.45) is 5.45. The Morgan fingerprint density at radius 2 is 1.95 bits per heavy atom. The molecule has 0 radical (unpaired) electrons. The summed E-state index contributed by atoms with van der Waals surface area (Å²) >= 11 is 0. The van der Waals surface area contributed by atoms with E-state index < -0.39 is 0 Å². The lowest BCUT2D eigenvalue weighted by molar-refractivity contribution is -0.148. The summed E-state index contributed by atoms with van der Waals surface area (Å²) in [6.45, 7) is 8.01. The number of piperidine rings is 1. The van der Waals surface area contributed by atoms with Crippen LogP contribution in [0.2, 0.25) is 0 Å². The van der Waals surface area contributed by atoms with E-state index in [0.29, 0.717) is 18.5 Å². The van der Waals surface area contributed by atoms with Crippen molar-refractivity contribution in [2.45, 2.75) is 52.0 Å². The second kappa shape index (κ2) is 6.44. The summed E-state index contributed by atoms with van der Waals surface area (Å²) in [5.41, 5.74) is 5.66. The number of carbonyl (C=O) groups excluding carboxylic acids is 1. The largest absolute Gasteiger partial charge is 0.342 e. The highest BCUT2D eigenvalue weighted by atomic mass is 16.2. The van der Waals surface area contributed by atoms with E-state index in [2.05, 4.69) is 30.7 Å². The van der Waals surface area contributed by atoms with E-state index in [9.17, 15) is 4.79 Å². The van der Waals surface area contributed by atoms with Gasteiger partial charge < -0.3 is 15.5 Å². The SMILES string of the molecule is CC(C)N(C)CC1CCN(C(=O)C2(CN)CCC2)CC1. The molecule has 0 aromatic rings. The van der Waals surface area contributed by atoms with E-state index in [1.165, 1.54) is 6.42 Å². The lowest BCUT2D eigenvalue weighted by atomic mass is 9.67. The summed E-state index contributed by atoms with van der Waals surface area (Å²) in [4.78, 5) is 17.1. The minimum Gasteiger partial charge on any atom is -0.342 e. The first-order chi connectivity index (χ1) is 9.48. The summed E-state index contributed by atoms with van der Waals surface area (Å²) in [6, 6.07) is 0.602. The van der Waals surface area contributed by atoms with Gasteiger partial charge in [0.1, 0.15) is 0 Å². The average Bonchev–Trinajstić information content (AvgIpc) is 2.38. The Kier molecular flexibility index (Phi) is 5.08. The van der Waals surface area contributed by atoms with E-state index in [1.807, 2.05) is 0 Å². The maximum atomic E-state index is 12.6. The normalized spacial score (nSPS) is 23.2. The van der Waals surface area contributed by atoms with Gasteiger partial charge in [-0.1, -0.05) is 6.42 Å². The van der Waals surface area contributed by atoms with E-state index in [4.69, 9.17) is 5.73 Å². The molecule has 2 fully saturated rings. The average molecular weight is 281 g/mol. The van der Waals surface area contributed by atoms with Gasteiger partial charge in [0, 0.05) is 32.2 Å². The molecule has 0 spiro atoms. The van der Waals surface area contributed by atoms with Crippen LogP contribution in [0.4, 0.5) is 0 Å². The molecule has 1 saturated carbocycles. The van der Waals surface area contributed by atoms with Crippen LogP contribution in [0.5, 0.6) is 0 Å². The fraction of sp³-hybridized carbons (Fsp3) is 0.938. The molecule has 20 heavy (non-hydrogen) atoms. The van der Waals surface area contributed by atoms with Crippen LogP contribution in [0, 0.1) is 11.3 Å². The van der Waals surface area contributed by atoms with Crippen molar-refractivity contribution in [1.82, 2.24) is 9.80 Å². The zero-order valence-corrected chi connectivity index (χ0v) is 13.4. The first-order valence-corrected chi connectivity index (χ1v) is 8.18. The van der Waals surface area contributed by atoms with E-state index in [-0.39, 0.29) is 5.41 Å². The third-order valence-electron chi connectivity index (χ3n) is 5.48. The van der Waals surface area contributed by atoms with Gasteiger partial charge in [-0.25, -0.2) is 0 Å². The fourth-order valence-electron chi connectivity index (χ4n) is 3.38. The van der Waals surface area contributed by atoms with Crippen molar-refractivity contribution in [3.8, 4) is 0 Å². The number of carbonyl (C=O) groups is 1. The maximum Gasteiger partial charge on any atom is 0.230 e. The summed E-state index contributed by atoms with van der Waals surface area (Å²) in [7, 11) is 2.19. The quantitative estimate of drug-likeness (QED) is 0.834. The summed E-state index contributed by atoms with van der Waals surface area (Å²) < 4.78 is 0.